The number of anilines is 1. The van der Waals surface area contributed by atoms with Crippen molar-refractivity contribution in [1.82, 2.24) is 14.1 Å². The van der Waals surface area contributed by atoms with E-state index in [1.807, 2.05) is 23.4 Å². The van der Waals surface area contributed by atoms with Crippen LogP contribution in [0.2, 0.25) is 0 Å². The Bertz CT molecular complexity index is 995. The fourth-order valence-electron chi connectivity index (χ4n) is 3.57. The van der Waals surface area contributed by atoms with Crippen molar-refractivity contribution in [2.75, 3.05) is 4.90 Å². The molecular formula is C21H24N6. The lowest BCUT2D eigenvalue weighted by Gasteiger charge is -2.31. The minimum atomic E-state index is -0.330. The van der Waals surface area contributed by atoms with E-state index in [0.29, 0.717) is 5.84 Å². The molecule has 0 saturated heterocycles. The molecule has 0 bridgehead atoms. The zero-order chi connectivity index (χ0) is 19.0. The van der Waals surface area contributed by atoms with Crippen molar-refractivity contribution in [3.63, 3.8) is 0 Å². The van der Waals surface area contributed by atoms with Gasteiger partial charge in [-0.1, -0.05) is 30.3 Å². The van der Waals surface area contributed by atoms with E-state index < -0.39 is 0 Å². The Morgan fingerprint density at radius 3 is 2.70 bits per heavy atom. The van der Waals surface area contributed by atoms with Gasteiger partial charge in [-0.15, -0.1) is 0 Å². The van der Waals surface area contributed by atoms with Crippen molar-refractivity contribution in [3.8, 4) is 11.4 Å². The average molecular weight is 360 g/mol. The second-order valence-corrected chi connectivity index (χ2v) is 6.77. The Balaban J connectivity index is 1.88. The van der Waals surface area contributed by atoms with E-state index >= 15 is 0 Å². The van der Waals surface area contributed by atoms with Crippen molar-refractivity contribution >= 4 is 17.6 Å². The minimum Gasteiger partial charge on any atom is -0.337 e. The molecule has 6 nitrogen and oxygen atoms in total. The maximum Gasteiger partial charge on any atom is 0.105 e. The molecule has 0 saturated carbocycles. The summed E-state index contributed by atoms with van der Waals surface area (Å²) in [5.74, 6) is 0.426. The average Bonchev–Trinajstić information content (AvgIpc) is 3.27. The van der Waals surface area contributed by atoms with Crippen LogP contribution in [0.5, 0.6) is 0 Å². The number of nitrogens with zero attached hydrogens (tertiary/aromatic N) is 4. The number of aromatic nitrogens is 3. The van der Waals surface area contributed by atoms with Gasteiger partial charge >= 0.3 is 0 Å². The highest BCUT2D eigenvalue weighted by Crippen LogP contribution is 2.36. The summed E-state index contributed by atoms with van der Waals surface area (Å²) in [6, 6.07) is 12.5. The van der Waals surface area contributed by atoms with Crippen LogP contribution in [0.3, 0.4) is 0 Å². The molecule has 2 aromatic heterocycles. The highest BCUT2D eigenvalue weighted by Gasteiger charge is 2.27. The number of hydrogen-bond acceptors (Lipinski definition) is 3. The molecule has 1 aliphatic heterocycles. The quantitative estimate of drug-likeness (QED) is 0.552. The molecule has 0 aliphatic carbocycles. The number of nitrogens with one attached hydrogen (secondary N) is 1. The smallest absolute Gasteiger partial charge is 0.105 e. The van der Waals surface area contributed by atoms with Gasteiger partial charge in [-0.25, -0.2) is 4.98 Å². The monoisotopic (exact) mass is 360 g/mol. The number of fused-ring (bicyclic) bond motifs is 1. The normalized spacial score (nSPS) is 15.8. The van der Waals surface area contributed by atoms with Crippen molar-refractivity contribution in [3.05, 3.63) is 66.3 Å². The number of aryl methyl sites for hydroxylation is 1. The molecule has 1 atom stereocenters. The van der Waals surface area contributed by atoms with Crippen molar-refractivity contribution in [1.29, 1.82) is 5.41 Å². The first-order valence-corrected chi connectivity index (χ1v) is 9.16. The van der Waals surface area contributed by atoms with Crippen LogP contribution in [0.4, 0.5) is 5.69 Å². The second-order valence-electron chi connectivity index (χ2n) is 6.77. The summed E-state index contributed by atoms with van der Waals surface area (Å²) < 4.78 is 4.32. The highest BCUT2D eigenvalue weighted by molar-refractivity contribution is 5.98. The molecule has 1 aromatic carbocycles. The molecule has 0 amide bonds. The van der Waals surface area contributed by atoms with E-state index in [1.54, 1.807) is 6.92 Å². The van der Waals surface area contributed by atoms with Crippen LogP contribution in [0.15, 0.2) is 55.0 Å². The summed E-state index contributed by atoms with van der Waals surface area (Å²) >= 11 is 0. The van der Waals surface area contributed by atoms with Gasteiger partial charge < -0.3 is 19.8 Å². The van der Waals surface area contributed by atoms with Gasteiger partial charge in [-0.2, -0.15) is 0 Å². The minimum absolute atomic E-state index is 0.330. The number of rotatable bonds is 4. The van der Waals surface area contributed by atoms with Gasteiger partial charge in [-0.3, -0.25) is 5.41 Å². The fourth-order valence-corrected chi connectivity index (χ4v) is 3.57. The van der Waals surface area contributed by atoms with Crippen LogP contribution >= 0.6 is 0 Å². The lowest BCUT2D eigenvalue weighted by Crippen LogP contribution is -2.45. The Kier molecular flexibility index (Phi) is 4.41. The van der Waals surface area contributed by atoms with Gasteiger partial charge in [-0.05, 0) is 37.6 Å². The SMILES string of the molecule is CCn1cnc(-c2cc3c(n2Cc2ccccc2)C=CC(N)N3C(C)=N)c1. The summed E-state index contributed by atoms with van der Waals surface area (Å²) in [6.45, 7) is 5.47. The summed E-state index contributed by atoms with van der Waals surface area (Å²) in [6.07, 6.45) is 7.59. The largest absolute Gasteiger partial charge is 0.337 e. The van der Waals surface area contributed by atoms with E-state index in [-0.39, 0.29) is 6.17 Å². The summed E-state index contributed by atoms with van der Waals surface area (Å²) in [7, 11) is 0. The van der Waals surface area contributed by atoms with Crippen LogP contribution in [0, 0.1) is 5.41 Å². The van der Waals surface area contributed by atoms with Gasteiger partial charge in [0.2, 0.25) is 0 Å². The molecule has 27 heavy (non-hydrogen) atoms. The first-order valence-electron chi connectivity index (χ1n) is 9.16. The predicted octanol–water partition coefficient (Wildman–Crippen LogP) is 3.53. The van der Waals surface area contributed by atoms with Crippen molar-refractivity contribution in [2.45, 2.75) is 33.1 Å². The molecule has 3 N–H and O–H groups in total. The van der Waals surface area contributed by atoms with Crippen LogP contribution in [-0.2, 0) is 13.1 Å². The van der Waals surface area contributed by atoms with Crippen LogP contribution < -0.4 is 10.6 Å². The van der Waals surface area contributed by atoms with Crippen LogP contribution in [0.25, 0.3) is 17.5 Å². The zero-order valence-electron chi connectivity index (χ0n) is 15.6. The molecule has 1 aliphatic rings. The molecular weight excluding hydrogens is 336 g/mol. The van der Waals surface area contributed by atoms with Crippen molar-refractivity contribution in [2.24, 2.45) is 5.73 Å². The highest BCUT2D eigenvalue weighted by atomic mass is 15.3. The van der Waals surface area contributed by atoms with Crippen molar-refractivity contribution < 1.29 is 0 Å². The van der Waals surface area contributed by atoms with E-state index in [0.717, 1.165) is 35.9 Å². The summed E-state index contributed by atoms with van der Waals surface area (Å²) in [5.41, 5.74) is 11.4. The summed E-state index contributed by atoms with van der Waals surface area (Å²) in [5, 5.41) is 8.17. The van der Waals surface area contributed by atoms with Crippen LogP contribution in [-0.4, -0.2) is 26.1 Å². The van der Waals surface area contributed by atoms with Gasteiger partial charge in [0.05, 0.1) is 29.2 Å². The van der Waals surface area contributed by atoms with Gasteiger partial charge in [0.15, 0.2) is 0 Å². The number of hydrogen-bond donors (Lipinski definition) is 2. The summed E-state index contributed by atoms with van der Waals surface area (Å²) in [4.78, 5) is 6.46. The maximum absolute atomic E-state index is 8.17. The van der Waals surface area contributed by atoms with Gasteiger partial charge in [0.1, 0.15) is 11.9 Å². The van der Waals surface area contributed by atoms with E-state index in [4.69, 9.17) is 11.1 Å². The van der Waals surface area contributed by atoms with Crippen LogP contribution in [0.1, 0.15) is 25.1 Å². The molecule has 138 valence electrons. The molecule has 3 aromatic rings. The Labute approximate surface area is 159 Å². The topological polar surface area (TPSA) is 75.9 Å². The number of amidine groups is 1. The third-order valence-corrected chi connectivity index (χ3v) is 4.93. The first kappa shape index (κ1) is 17.3. The van der Waals surface area contributed by atoms with Gasteiger partial charge in [0, 0.05) is 19.3 Å². The van der Waals surface area contributed by atoms with E-state index in [2.05, 4.69) is 63.6 Å². The molecule has 4 rings (SSSR count). The first-order chi connectivity index (χ1) is 13.1. The van der Waals surface area contributed by atoms with E-state index in [1.165, 1.54) is 5.56 Å². The molecule has 0 spiro atoms. The maximum atomic E-state index is 8.17. The Morgan fingerprint density at radius 1 is 1.26 bits per heavy atom. The molecule has 0 fully saturated rings. The third kappa shape index (κ3) is 3.08. The zero-order valence-corrected chi connectivity index (χ0v) is 15.6. The molecule has 6 heteroatoms. The number of benzene rings is 1. The Hall–Kier alpha value is -3.12. The Morgan fingerprint density at radius 2 is 2.04 bits per heavy atom. The predicted molar refractivity (Wildman–Crippen MR) is 110 cm³/mol. The van der Waals surface area contributed by atoms with Gasteiger partial charge in [0.25, 0.3) is 0 Å². The molecule has 3 heterocycles. The standard InChI is InChI=1S/C21H24N6/c1-3-25-13-17(24-14-25)19-11-20-18(9-10-21(23)27(20)15(2)22)26(19)12-16-7-5-4-6-8-16/h4-11,13-14,21-22H,3,12,23H2,1-2H3. The lowest BCUT2D eigenvalue weighted by molar-refractivity contribution is 0.761. The third-order valence-electron chi connectivity index (χ3n) is 4.93. The molecule has 0 radical (unpaired) electrons. The number of nitrogens with two attached hydrogens (primary N) is 1. The lowest BCUT2D eigenvalue weighted by atomic mass is 10.1. The fraction of sp³-hybridized carbons (Fsp3) is 0.238. The number of imidazole rings is 1. The van der Waals surface area contributed by atoms with E-state index in [9.17, 15) is 0 Å². The second kappa shape index (κ2) is 6.89. The molecule has 1 unspecified atom stereocenters.